The monoisotopic (exact) mass is 881 g/mol. The van der Waals surface area contributed by atoms with Crippen molar-refractivity contribution in [2.75, 3.05) is 0 Å². The van der Waals surface area contributed by atoms with Crippen LogP contribution in [0.4, 0.5) is 17.6 Å². The average molecular weight is 881 g/mol. The fourth-order valence-electron chi connectivity index (χ4n) is 2.85. The minimum absolute atomic E-state index is 0. The Morgan fingerprint density at radius 2 is 0.667 bits per heavy atom. The van der Waals surface area contributed by atoms with E-state index in [2.05, 4.69) is 9.04 Å². The normalized spacial score (nSPS) is 7.19. The number of benzene rings is 2. The third-order valence-corrected chi connectivity index (χ3v) is 6.67. The van der Waals surface area contributed by atoms with Crippen LogP contribution in [0.2, 0.25) is 0 Å². The fourth-order valence-corrected chi connectivity index (χ4v) is 4.43. The molecule has 2 rings (SSSR count). The molecule has 0 atom stereocenters. The highest BCUT2D eigenvalue weighted by Gasteiger charge is 2.24. The summed E-state index contributed by atoms with van der Waals surface area (Å²) >= 11 is 0. The lowest BCUT2D eigenvalue weighted by atomic mass is 10.1. The smallest absolute Gasteiger partial charge is 0.216 e. The average Bonchev–Trinajstić information content (AvgIpc) is 2.95. The number of unbranched alkanes of at least 4 members (excludes halogenated alkanes) is 1. The highest BCUT2D eigenvalue weighted by molar-refractivity contribution is 7.90. The van der Waals surface area contributed by atoms with Crippen molar-refractivity contribution in [1.82, 2.24) is 0 Å². The predicted octanol–water partition coefficient (Wildman–Crippen LogP) is 19.2. The molecule has 358 valence electrons. The Morgan fingerprint density at radius 3 is 0.842 bits per heavy atom. The van der Waals surface area contributed by atoms with Gasteiger partial charge in [-0.2, -0.15) is 0 Å². The minimum Gasteiger partial charge on any atom is -0.216 e. The summed E-state index contributed by atoms with van der Waals surface area (Å²) < 4.78 is 104. The van der Waals surface area contributed by atoms with Crippen molar-refractivity contribution in [1.29, 1.82) is 0 Å². The van der Waals surface area contributed by atoms with Crippen molar-refractivity contribution >= 4 is 20.0 Å². The van der Waals surface area contributed by atoms with Crippen LogP contribution in [0.5, 0.6) is 0 Å². The van der Waals surface area contributed by atoms with Crippen LogP contribution >= 0.6 is 0 Å². The van der Waals surface area contributed by atoms with Crippen molar-refractivity contribution in [3.8, 4) is 0 Å². The van der Waals surface area contributed by atoms with Crippen LogP contribution in [0.25, 0.3) is 20.9 Å². The standard InChI is InChI=1S/C10H11F2N3O2S.C9H9F2N3O2S.4C2H6.14CH4/c1-2-3-4-7-5-8(11)10(9(12)6-7)18(16,17)15-14-13;1-2-3-6-4-7(10)9(8(11)5-6)17(15,16)14-13-12;4*1-2;;;;;;;;;;;;;;/h5-6H,2-4H2,1H3;4-5H,2-3H2,1H3;4*1-2H3;14*1H4. The molecule has 16 heteroatoms. The second-order valence-corrected chi connectivity index (χ2v) is 9.97. The van der Waals surface area contributed by atoms with Crippen LogP contribution in [-0.2, 0) is 32.9 Å². The molecule has 10 nitrogen and oxygen atoms in total. The molecule has 0 heterocycles. The van der Waals surface area contributed by atoms with E-state index < -0.39 is 53.1 Å². The molecule has 0 amide bonds. The van der Waals surface area contributed by atoms with E-state index in [1.807, 2.05) is 79.1 Å². The van der Waals surface area contributed by atoms with Crippen molar-refractivity contribution in [3.05, 3.63) is 79.5 Å². The highest BCUT2D eigenvalue weighted by atomic mass is 32.2. The Balaban J connectivity index is -0.0000000234. The molecule has 57 heavy (non-hydrogen) atoms. The van der Waals surface area contributed by atoms with Gasteiger partial charge in [0.05, 0.1) is 0 Å². The van der Waals surface area contributed by atoms with E-state index in [0.29, 0.717) is 30.4 Å². The second kappa shape index (κ2) is 67.4. The summed E-state index contributed by atoms with van der Waals surface area (Å²) in [5, 5.41) is 0. The van der Waals surface area contributed by atoms with Gasteiger partial charge in [0.1, 0.15) is 33.1 Å². The first kappa shape index (κ1) is 117. The molecular formula is C41H100F4N6O4S2. The first-order valence-corrected chi connectivity index (χ1v) is 16.8. The minimum atomic E-state index is -4.65. The molecule has 0 aliphatic carbocycles. The van der Waals surface area contributed by atoms with E-state index in [0.717, 1.165) is 37.1 Å². The number of sulfonamides is 2. The summed E-state index contributed by atoms with van der Waals surface area (Å²) in [6.45, 7) is 19.7. The van der Waals surface area contributed by atoms with Gasteiger partial charge in [-0.3, -0.25) is 0 Å². The van der Waals surface area contributed by atoms with Crippen molar-refractivity contribution in [2.24, 2.45) is 9.04 Å². The Hall–Kier alpha value is -3.32. The van der Waals surface area contributed by atoms with Crippen molar-refractivity contribution < 1.29 is 34.4 Å². The van der Waals surface area contributed by atoms with E-state index in [-0.39, 0.29) is 104 Å². The molecule has 0 saturated heterocycles. The summed E-state index contributed by atoms with van der Waals surface area (Å²) in [6.07, 6.45) is 3.13. The summed E-state index contributed by atoms with van der Waals surface area (Å²) in [4.78, 5) is 1.65. The molecule has 0 radical (unpaired) electrons. The van der Waals surface area contributed by atoms with Gasteiger partial charge in [0.15, 0.2) is 0 Å². The number of hydrogen-bond donors (Lipinski definition) is 0. The van der Waals surface area contributed by atoms with Crippen LogP contribution in [0.3, 0.4) is 0 Å². The van der Waals surface area contributed by atoms with Crippen LogP contribution in [0.1, 0.15) is 204 Å². The Kier molecular flexibility index (Phi) is 138. The van der Waals surface area contributed by atoms with E-state index in [4.69, 9.17) is 11.1 Å². The first-order valence-electron chi connectivity index (χ1n) is 13.9. The predicted molar refractivity (Wildman–Crippen MR) is 258 cm³/mol. The van der Waals surface area contributed by atoms with Gasteiger partial charge >= 0.3 is 0 Å². The number of azide groups is 2. The van der Waals surface area contributed by atoms with Gasteiger partial charge in [-0.25, -0.2) is 34.4 Å². The van der Waals surface area contributed by atoms with Gasteiger partial charge in [0.25, 0.3) is 20.0 Å². The maximum absolute atomic E-state index is 13.6. The summed E-state index contributed by atoms with van der Waals surface area (Å²) in [5.74, 6) is -4.98. The largest absolute Gasteiger partial charge is 0.270 e. The van der Waals surface area contributed by atoms with E-state index in [1.54, 1.807) is 0 Å². The number of aryl methyl sites for hydroxylation is 2. The summed E-state index contributed by atoms with van der Waals surface area (Å²) in [5.41, 5.74) is 16.8. The third-order valence-electron chi connectivity index (χ3n) is 4.28. The maximum Gasteiger partial charge on any atom is 0.270 e. The molecule has 0 spiro atoms. The zero-order valence-electron chi connectivity index (χ0n) is 26.5. The molecule has 0 fully saturated rings. The van der Waals surface area contributed by atoms with Crippen molar-refractivity contribution in [3.63, 3.8) is 0 Å². The lowest BCUT2D eigenvalue weighted by Crippen LogP contribution is -2.04. The molecule has 0 unspecified atom stereocenters. The summed E-state index contributed by atoms with van der Waals surface area (Å²) in [7, 11) is -9.30. The lowest BCUT2D eigenvalue weighted by molar-refractivity contribution is 0.514. The molecule has 0 bridgehead atoms. The number of halogens is 4. The van der Waals surface area contributed by atoms with Gasteiger partial charge < -0.3 is 0 Å². The van der Waals surface area contributed by atoms with Gasteiger partial charge in [0, 0.05) is 18.9 Å². The van der Waals surface area contributed by atoms with Crippen LogP contribution < -0.4 is 0 Å². The zero-order valence-corrected chi connectivity index (χ0v) is 28.1. The molecule has 2 aromatic carbocycles. The number of rotatable bonds is 9. The SMILES string of the molecule is C.C.C.C.C.C.C.C.C.C.C.C.C.C.CC.CC.CC.CC.CCCCc1cc(F)c(S(=O)(=O)N=[N+]=[N-])c(F)c1.CCCc1cc(F)c(S(=O)(=O)N=[N+]=[N-])c(F)c1. The third kappa shape index (κ3) is 43.6. The van der Waals surface area contributed by atoms with Crippen LogP contribution in [-0.4, -0.2) is 16.8 Å². The first-order chi connectivity index (χ1) is 20.3. The quantitative estimate of drug-likeness (QED) is 0.106. The maximum atomic E-state index is 13.6. The topological polar surface area (TPSA) is 166 Å². The molecule has 0 aromatic heterocycles. The van der Waals surface area contributed by atoms with Gasteiger partial charge in [-0.05, 0) is 65.7 Å². The molecule has 2 aromatic rings. The highest BCUT2D eigenvalue weighted by Crippen LogP contribution is 2.24. The molecule has 0 N–H and O–H groups in total. The molecule has 0 aliphatic heterocycles. The fraction of sp³-hybridized carbons (Fsp3) is 0.707. The molecule has 0 saturated carbocycles. The van der Waals surface area contributed by atoms with Gasteiger partial charge in [-0.1, -0.05) is 186 Å². The number of hydrogen-bond acceptors (Lipinski definition) is 4. The van der Waals surface area contributed by atoms with Gasteiger partial charge in [-0.15, -0.1) is 0 Å². The summed E-state index contributed by atoms with van der Waals surface area (Å²) in [6, 6.07) is 3.73. The zero-order chi connectivity index (χ0) is 34.8. The van der Waals surface area contributed by atoms with Crippen LogP contribution in [0.15, 0.2) is 43.1 Å². The van der Waals surface area contributed by atoms with E-state index in [9.17, 15) is 34.4 Å². The number of nitrogens with zero attached hydrogens (tertiary/aromatic N) is 6. The Labute approximate surface area is 357 Å². The van der Waals surface area contributed by atoms with Crippen LogP contribution in [0, 0.1) is 23.3 Å². The van der Waals surface area contributed by atoms with Gasteiger partial charge in [0.2, 0.25) is 0 Å². The van der Waals surface area contributed by atoms with E-state index in [1.165, 1.54) is 0 Å². The molecule has 0 aliphatic rings. The Bertz CT molecular complexity index is 1360. The molecular weight excluding hydrogens is 781 g/mol. The van der Waals surface area contributed by atoms with Crippen molar-refractivity contribution in [2.45, 2.75) is 215 Å². The van der Waals surface area contributed by atoms with E-state index >= 15 is 0 Å². The Morgan fingerprint density at radius 1 is 0.456 bits per heavy atom. The second-order valence-electron chi connectivity index (χ2n) is 6.92. The lowest BCUT2D eigenvalue weighted by Gasteiger charge is -2.05.